The largest absolute Gasteiger partial charge is 0.346 e. The highest BCUT2D eigenvalue weighted by molar-refractivity contribution is 9.10. The molecule has 0 bridgehead atoms. The number of hydrogen-bond acceptors (Lipinski definition) is 6. The number of aryl methyl sites for hydroxylation is 1. The Kier molecular flexibility index (Phi) is 3.49. The summed E-state index contributed by atoms with van der Waals surface area (Å²) in [4.78, 5) is 16.2. The first-order valence-electron chi connectivity index (χ1n) is 8.17. The van der Waals surface area contributed by atoms with Crippen molar-refractivity contribution in [1.82, 2.24) is 24.7 Å². The molecule has 0 aliphatic carbocycles. The summed E-state index contributed by atoms with van der Waals surface area (Å²) in [6.45, 7) is 0.966. The first-order chi connectivity index (χ1) is 12.2. The lowest BCUT2D eigenvalue weighted by Gasteiger charge is -2.24. The lowest BCUT2D eigenvalue weighted by Crippen LogP contribution is -2.23. The van der Waals surface area contributed by atoms with E-state index in [0.29, 0.717) is 0 Å². The zero-order valence-corrected chi connectivity index (χ0v) is 16.0. The maximum Gasteiger partial charge on any atom is 0.164 e. The fraction of sp³-hybridized carbons (Fsp3) is 0.294. The fourth-order valence-corrected chi connectivity index (χ4v) is 5.26. The molecule has 1 fully saturated rings. The number of para-hydroxylation sites is 1. The number of rotatable bonds is 2. The van der Waals surface area contributed by atoms with Crippen LogP contribution in [0.2, 0.25) is 0 Å². The zero-order valence-electron chi connectivity index (χ0n) is 13.6. The van der Waals surface area contributed by atoms with E-state index in [9.17, 15) is 0 Å². The van der Waals surface area contributed by atoms with E-state index >= 15 is 0 Å². The third kappa shape index (κ3) is 2.35. The van der Waals surface area contributed by atoms with Crippen molar-refractivity contribution in [1.29, 1.82) is 0 Å². The van der Waals surface area contributed by atoms with Crippen LogP contribution in [0.4, 0.5) is 5.82 Å². The molecule has 8 heteroatoms. The molecule has 1 aliphatic heterocycles. The van der Waals surface area contributed by atoms with E-state index in [0.717, 1.165) is 51.4 Å². The molecular formula is C17H15BrN6S. The van der Waals surface area contributed by atoms with Crippen LogP contribution < -0.4 is 4.90 Å². The number of anilines is 1. The summed E-state index contributed by atoms with van der Waals surface area (Å²) < 4.78 is 3.81. The summed E-state index contributed by atoms with van der Waals surface area (Å²) in [6, 6.07) is 8.57. The Balaban J connectivity index is 1.64. The molecule has 0 radical (unpaired) electrons. The molecule has 0 amide bonds. The van der Waals surface area contributed by atoms with E-state index in [-0.39, 0.29) is 6.04 Å². The normalized spacial score (nSPS) is 17.8. The highest BCUT2D eigenvalue weighted by atomic mass is 79.9. The first-order valence-corrected chi connectivity index (χ1v) is 9.78. The average Bonchev–Trinajstić information content (AvgIpc) is 3.32. The second kappa shape index (κ2) is 5.74. The van der Waals surface area contributed by atoms with Gasteiger partial charge in [0.15, 0.2) is 5.65 Å². The molecule has 1 atom stereocenters. The smallest absolute Gasteiger partial charge is 0.164 e. The van der Waals surface area contributed by atoms with Gasteiger partial charge in [-0.1, -0.05) is 12.1 Å². The van der Waals surface area contributed by atoms with Crippen molar-refractivity contribution in [2.75, 3.05) is 11.4 Å². The van der Waals surface area contributed by atoms with Gasteiger partial charge >= 0.3 is 0 Å². The van der Waals surface area contributed by atoms with Gasteiger partial charge in [0.05, 0.1) is 21.6 Å². The van der Waals surface area contributed by atoms with Crippen LogP contribution in [-0.2, 0) is 7.05 Å². The molecule has 3 aromatic heterocycles. The number of nitrogens with zero attached hydrogens (tertiary/aromatic N) is 6. The maximum atomic E-state index is 4.88. The Hall–Kier alpha value is -2.06. The monoisotopic (exact) mass is 414 g/mol. The van der Waals surface area contributed by atoms with E-state index in [1.54, 1.807) is 22.3 Å². The maximum absolute atomic E-state index is 4.88. The van der Waals surface area contributed by atoms with Crippen LogP contribution in [-0.4, -0.2) is 31.3 Å². The Morgan fingerprint density at radius 1 is 1.24 bits per heavy atom. The molecular weight excluding hydrogens is 400 g/mol. The molecule has 1 aromatic carbocycles. The number of aromatic nitrogens is 5. The van der Waals surface area contributed by atoms with Crippen molar-refractivity contribution < 1.29 is 0 Å². The van der Waals surface area contributed by atoms with Gasteiger partial charge in [-0.3, -0.25) is 0 Å². The van der Waals surface area contributed by atoms with Crippen molar-refractivity contribution >= 4 is 54.3 Å². The average molecular weight is 415 g/mol. The molecule has 0 N–H and O–H groups in total. The van der Waals surface area contributed by atoms with Crippen LogP contribution in [0.3, 0.4) is 0 Å². The van der Waals surface area contributed by atoms with Crippen molar-refractivity contribution in [3.05, 3.63) is 40.2 Å². The molecule has 1 aliphatic rings. The van der Waals surface area contributed by atoms with Gasteiger partial charge < -0.3 is 4.90 Å². The van der Waals surface area contributed by atoms with Gasteiger partial charge in [-0.15, -0.1) is 11.3 Å². The Labute approximate surface area is 156 Å². The van der Waals surface area contributed by atoms with Gasteiger partial charge in [0.1, 0.15) is 21.8 Å². The van der Waals surface area contributed by atoms with Crippen LogP contribution in [0.5, 0.6) is 0 Å². The molecule has 126 valence electrons. The summed E-state index contributed by atoms with van der Waals surface area (Å²) in [7, 11) is 1.90. The third-order valence-electron chi connectivity index (χ3n) is 4.68. The lowest BCUT2D eigenvalue weighted by atomic mass is 10.2. The minimum atomic E-state index is 0.252. The molecule has 4 heterocycles. The SMILES string of the molecule is Cn1nc(Br)c2c(N3CCCC3c3nc4ccccc4s3)ncnc21. The highest BCUT2D eigenvalue weighted by Gasteiger charge is 2.32. The van der Waals surface area contributed by atoms with E-state index in [1.165, 1.54) is 4.70 Å². The van der Waals surface area contributed by atoms with Gasteiger partial charge in [-0.25, -0.2) is 19.6 Å². The summed E-state index contributed by atoms with van der Waals surface area (Å²) in [5.41, 5.74) is 1.91. The second-order valence-corrected chi connectivity index (χ2v) is 7.99. The summed E-state index contributed by atoms with van der Waals surface area (Å²) in [6.07, 6.45) is 3.84. The molecule has 5 rings (SSSR count). The van der Waals surface area contributed by atoms with Crippen molar-refractivity contribution in [3.63, 3.8) is 0 Å². The Morgan fingerprint density at radius 3 is 3.00 bits per heavy atom. The summed E-state index contributed by atoms with van der Waals surface area (Å²) in [5.74, 6) is 0.937. The first kappa shape index (κ1) is 15.2. The van der Waals surface area contributed by atoms with Gasteiger partial charge in [-0.05, 0) is 40.9 Å². The van der Waals surface area contributed by atoms with E-state index < -0.39 is 0 Å². The summed E-state index contributed by atoms with van der Waals surface area (Å²) >= 11 is 5.35. The second-order valence-electron chi connectivity index (χ2n) is 6.18. The molecule has 0 saturated carbocycles. The van der Waals surface area contributed by atoms with Crippen molar-refractivity contribution in [2.45, 2.75) is 18.9 Å². The molecule has 25 heavy (non-hydrogen) atoms. The standard InChI is InChI=1S/C17H15BrN6S/c1-23-15-13(14(18)22-23)16(20-9-19-15)24-8-4-6-11(24)17-21-10-5-2-3-7-12(10)25-17/h2-3,5,7,9,11H,4,6,8H2,1H3. The minimum absolute atomic E-state index is 0.252. The van der Waals surface area contributed by atoms with E-state index in [1.807, 2.05) is 13.1 Å². The molecule has 0 spiro atoms. The van der Waals surface area contributed by atoms with Crippen LogP contribution >= 0.6 is 27.3 Å². The fourth-order valence-electron chi connectivity index (χ4n) is 3.55. The number of fused-ring (bicyclic) bond motifs is 2. The number of halogens is 1. The Morgan fingerprint density at radius 2 is 2.12 bits per heavy atom. The van der Waals surface area contributed by atoms with Crippen LogP contribution in [0.25, 0.3) is 21.3 Å². The highest BCUT2D eigenvalue weighted by Crippen LogP contribution is 2.41. The zero-order chi connectivity index (χ0) is 17.0. The van der Waals surface area contributed by atoms with Crippen molar-refractivity contribution in [3.8, 4) is 0 Å². The van der Waals surface area contributed by atoms with Gasteiger partial charge in [-0.2, -0.15) is 5.10 Å². The number of thiazole rings is 1. The molecule has 4 aromatic rings. The van der Waals surface area contributed by atoms with Crippen LogP contribution in [0.15, 0.2) is 35.2 Å². The van der Waals surface area contributed by atoms with E-state index in [4.69, 9.17) is 4.98 Å². The minimum Gasteiger partial charge on any atom is -0.346 e. The van der Waals surface area contributed by atoms with Crippen LogP contribution in [0.1, 0.15) is 23.9 Å². The summed E-state index contributed by atoms with van der Waals surface area (Å²) in [5, 5.41) is 6.57. The predicted octanol–water partition coefficient (Wildman–Crippen LogP) is 4.08. The van der Waals surface area contributed by atoms with Gasteiger partial charge in [0.25, 0.3) is 0 Å². The predicted molar refractivity (Wildman–Crippen MR) is 103 cm³/mol. The van der Waals surface area contributed by atoms with Crippen LogP contribution in [0, 0.1) is 0 Å². The quantitative estimate of drug-likeness (QED) is 0.494. The van der Waals surface area contributed by atoms with Crippen molar-refractivity contribution in [2.24, 2.45) is 7.05 Å². The molecule has 6 nitrogen and oxygen atoms in total. The number of benzene rings is 1. The topological polar surface area (TPSA) is 59.7 Å². The third-order valence-corrected chi connectivity index (χ3v) is 6.37. The molecule has 1 unspecified atom stereocenters. The lowest BCUT2D eigenvalue weighted by molar-refractivity contribution is 0.708. The van der Waals surface area contributed by atoms with Gasteiger partial charge in [0, 0.05) is 13.6 Å². The molecule has 1 saturated heterocycles. The Bertz CT molecular complexity index is 1050. The number of hydrogen-bond donors (Lipinski definition) is 0. The van der Waals surface area contributed by atoms with E-state index in [2.05, 4.69) is 54.1 Å². The van der Waals surface area contributed by atoms with Gasteiger partial charge in [0.2, 0.25) is 0 Å².